The number of benzene rings is 2. The number of ether oxygens (including phenoxy) is 7. The molecule has 4 aliphatic heterocycles. The molecule has 0 aromatic heterocycles. The molecule has 4 saturated heterocycles. The predicted molar refractivity (Wildman–Crippen MR) is 137 cm³/mol. The van der Waals surface area contributed by atoms with Crippen molar-refractivity contribution in [3.63, 3.8) is 0 Å². The molecule has 0 bridgehead atoms. The van der Waals surface area contributed by atoms with Gasteiger partial charge >= 0.3 is 0 Å². The van der Waals surface area contributed by atoms with Crippen LogP contribution < -0.4 is 9.47 Å². The molecule has 0 aliphatic carbocycles. The number of hydrogen-bond donors (Lipinski definition) is 0. The van der Waals surface area contributed by atoms with Crippen LogP contribution >= 0.6 is 0 Å². The fourth-order valence-corrected chi connectivity index (χ4v) is 5.78. The molecular formula is C30H38O7. The SMILES string of the molecule is CC(C)(c1ccc(OCC2CCC3(CCCO3)O2)cc1)c1ccc(OCC2COC3(CCCO3)O2)cc1. The van der Waals surface area contributed by atoms with Crippen molar-refractivity contribution in [1.29, 1.82) is 0 Å². The first-order valence-corrected chi connectivity index (χ1v) is 13.7. The van der Waals surface area contributed by atoms with Gasteiger partial charge in [0.15, 0.2) is 5.79 Å². The van der Waals surface area contributed by atoms with Crippen LogP contribution in [0.4, 0.5) is 0 Å². The van der Waals surface area contributed by atoms with Crippen LogP contribution in [0.2, 0.25) is 0 Å². The third-order valence-corrected chi connectivity index (χ3v) is 8.10. The zero-order valence-electron chi connectivity index (χ0n) is 21.9. The van der Waals surface area contributed by atoms with E-state index in [1.807, 2.05) is 12.1 Å². The fraction of sp³-hybridized carbons (Fsp3) is 0.600. The van der Waals surface area contributed by atoms with Gasteiger partial charge in [-0.3, -0.25) is 0 Å². The average Bonchev–Trinajstić information content (AvgIpc) is 3.73. The van der Waals surface area contributed by atoms with E-state index in [-0.39, 0.29) is 23.4 Å². The molecule has 4 fully saturated rings. The van der Waals surface area contributed by atoms with Gasteiger partial charge in [-0.05, 0) is 54.7 Å². The second-order valence-corrected chi connectivity index (χ2v) is 11.1. The maximum Gasteiger partial charge on any atom is 0.283 e. The lowest BCUT2D eigenvalue weighted by molar-refractivity contribution is -0.314. The van der Waals surface area contributed by atoms with Crippen LogP contribution in [-0.2, 0) is 29.1 Å². The Morgan fingerprint density at radius 2 is 1.35 bits per heavy atom. The van der Waals surface area contributed by atoms with Gasteiger partial charge in [-0.1, -0.05) is 38.1 Å². The molecule has 4 aliphatic rings. The van der Waals surface area contributed by atoms with Crippen LogP contribution in [0.1, 0.15) is 63.5 Å². The topological polar surface area (TPSA) is 64.6 Å². The van der Waals surface area contributed by atoms with E-state index in [2.05, 4.69) is 50.2 Å². The minimum atomic E-state index is -0.833. The smallest absolute Gasteiger partial charge is 0.283 e. The molecule has 4 unspecified atom stereocenters. The molecule has 2 aromatic rings. The van der Waals surface area contributed by atoms with Crippen molar-refractivity contribution < 1.29 is 33.2 Å². The van der Waals surface area contributed by atoms with E-state index in [9.17, 15) is 0 Å². The lowest BCUT2D eigenvalue weighted by Gasteiger charge is -2.27. The Kier molecular flexibility index (Phi) is 6.92. The van der Waals surface area contributed by atoms with Crippen molar-refractivity contribution in [2.45, 2.75) is 81.8 Å². The zero-order valence-corrected chi connectivity index (χ0v) is 21.9. The number of hydrogen-bond acceptors (Lipinski definition) is 7. The van der Waals surface area contributed by atoms with Crippen molar-refractivity contribution in [1.82, 2.24) is 0 Å². The maximum atomic E-state index is 6.17. The van der Waals surface area contributed by atoms with Crippen LogP contribution in [0.5, 0.6) is 11.5 Å². The standard InChI is InChI=1S/C30H38O7/c1-28(2,22-5-9-24(10-6-22)31-19-26-13-16-29(36-26)14-3-17-33-29)23-7-11-25(12-8-23)32-20-27-21-35-30(37-27)15-4-18-34-30/h5-12,26-27H,3-4,13-21H2,1-2H3. The van der Waals surface area contributed by atoms with Crippen LogP contribution in [0.25, 0.3) is 0 Å². The van der Waals surface area contributed by atoms with Gasteiger partial charge in [0.25, 0.3) is 5.97 Å². The van der Waals surface area contributed by atoms with Gasteiger partial charge in [0.1, 0.15) is 30.8 Å². The first kappa shape index (κ1) is 25.1. The van der Waals surface area contributed by atoms with Crippen molar-refractivity contribution in [2.75, 3.05) is 33.0 Å². The normalized spacial score (nSPS) is 31.5. The first-order valence-electron chi connectivity index (χ1n) is 13.7. The van der Waals surface area contributed by atoms with Crippen LogP contribution in [-0.4, -0.2) is 57.0 Å². The Labute approximate surface area is 219 Å². The van der Waals surface area contributed by atoms with Gasteiger partial charge in [0, 0.05) is 24.7 Å². The molecule has 0 N–H and O–H groups in total. The average molecular weight is 511 g/mol. The quantitative estimate of drug-likeness (QED) is 0.475. The summed E-state index contributed by atoms with van der Waals surface area (Å²) in [5.74, 6) is 0.510. The van der Waals surface area contributed by atoms with E-state index >= 15 is 0 Å². The second kappa shape index (κ2) is 10.2. The maximum absolute atomic E-state index is 6.17. The minimum absolute atomic E-state index is 0.0971. The lowest BCUT2D eigenvalue weighted by atomic mass is 9.78. The van der Waals surface area contributed by atoms with Crippen molar-refractivity contribution >= 4 is 0 Å². The van der Waals surface area contributed by atoms with Gasteiger partial charge in [-0.15, -0.1) is 0 Å². The molecule has 7 nitrogen and oxygen atoms in total. The van der Waals surface area contributed by atoms with Crippen molar-refractivity contribution in [3.8, 4) is 11.5 Å². The van der Waals surface area contributed by atoms with Gasteiger partial charge in [-0.25, -0.2) is 0 Å². The van der Waals surface area contributed by atoms with E-state index in [1.165, 1.54) is 11.1 Å². The summed E-state index contributed by atoms with van der Waals surface area (Å²) < 4.78 is 41.4. The monoisotopic (exact) mass is 510 g/mol. The van der Waals surface area contributed by atoms with Crippen LogP contribution in [0.3, 0.4) is 0 Å². The highest BCUT2D eigenvalue weighted by atomic mass is 16.9. The van der Waals surface area contributed by atoms with Gasteiger partial charge in [-0.2, -0.15) is 0 Å². The summed E-state index contributed by atoms with van der Waals surface area (Å²) in [5, 5.41) is 0. The highest BCUT2D eigenvalue weighted by molar-refractivity contribution is 5.41. The van der Waals surface area contributed by atoms with Gasteiger partial charge < -0.3 is 33.2 Å². The zero-order chi connectivity index (χ0) is 25.3. The Hall–Kier alpha value is -2.16. The predicted octanol–water partition coefficient (Wildman–Crippen LogP) is 5.34. The fourth-order valence-electron chi connectivity index (χ4n) is 5.78. The molecule has 37 heavy (non-hydrogen) atoms. The summed E-state index contributed by atoms with van der Waals surface area (Å²) >= 11 is 0. The van der Waals surface area contributed by atoms with E-state index in [0.717, 1.165) is 56.6 Å². The number of rotatable bonds is 8. The van der Waals surface area contributed by atoms with E-state index in [0.29, 0.717) is 26.4 Å². The Bertz CT molecular complexity index is 953. The molecule has 0 radical (unpaired) electrons. The molecule has 4 atom stereocenters. The van der Waals surface area contributed by atoms with Gasteiger partial charge in [0.05, 0.1) is 25.9 Å². The van der Waals surface area contributed by atoms with E-state index < -0.39 is 5.97 Å². The summed E-state index contributed by atoms with van der Waals surface area (Å²) in [4.78, 5) is 0. The van der Waals surface area contributed by atoms with Crippen molar-refractivity contribution in [3.05, 3.63) is 59.7 Å². The summed E-state index contributed by atoms with van der Waals surface area (Å²) in [5.41, 5.74) is 2.28. The van der Waals surface area contributed by atoms with Crippen LogP contribution in [0.15, 0.2) is 48.5 Å². The summed E-state index contributed by atoms with van der Waals surface area (Å²) in [6, 6.07) is 16.7. The molecule has 0 amide bonds. The molecule has 200 valence electrons. The van der Waals surface area contributed by atoms with Gasteiger partial charge in [0.2, 0.25) is 0 Å². The Morgan fingerprint density at radius 1 is 0.730 bits per heavy atom. The second-order valence-electron chi connectivity index (χ2n) is 11.1. The Morgan fingerprint density at radius 3 is 1.95 bits per heavy atom. The molecule has 2 aromatic carbocycles. The highest BCUT2D eigenvalue weighted by Crippen LogP contribution is 2.40. The lowest BCUT2D eigenvalue weighted by Crippen LogP contribution is -2.30. The molecule has 7 heteroatoms. The van der Waals surface area contributed by atoms with E-state index in [4.69, 9.17) is 33.2 Å². The summed E-state index contributed by atoms with van der Waals surface area (Å²) in [7, 11) is 0. The van der Waals surface area contributed by atoms with Crippen LogP contribution in [0, 0.1) is 0 Å². The molecular weight excluding hydrogens is 472 g/mol. The van der Waals surface area contributed by atoms with Crippen molar-refractivity contribution in [2.24, 2.45) is 0 Å². The first-order chi connectivity index (χ1) is 17.9. The molecule has 2 spiro atoms. The summed E-state index contributed by atoms with van der Waals surface area (Å²) in [6.07, 6.45) is 5.77. The Balaban J connectivity index is 1.00. The minimum Gasteiger partial charge on any atom is -0.491 e. The largest absolute Gasteiger partial charge is 0.491 e. The highest BCUT2D eigenvalue weighted by Gasteiger charge is 2.46. The summed E-state index contributed by atoms with van der Waals surface area (Å²) in [6.45, 7) is 7.45. The third-order valence-electron chi connectivity index (χ3n) is 8.10. The molecule has 0 saturated carbocycles. The van der Waals surface area contributed by atoms with E-state index in [1.54, 1.807) is 0 Å². The molecule has 4 heterocycles. The third kappa shape index (κ3) is 5.38. The molecule has 6 rings (SSSR count).